The molecule has 2 aromatic rings. The molecule has 2 N–H and O–H groups in total. The number of thioether (sulfide) groups is 1. The molecule has 1 heterocycles. The third kappa shape index (κ3) is 5.95. The van der Waals surface area contributed by atoms with E-state index in [-0.39, 0.29) is 17.3 Å². The molecule has 0 aliphatic rings. The number of rotatable bonds is 10. The maximum atomic E-state index is 12.1. The first-order valence-corrected chi connectivity index (χ1v) is 8.92. The van der Waals surface area contributed by atoms with E-state index in [1.165, 1.54) is 16.3 Å². The van der Waals surface area contributed by atoms with Crippen LogP contribution in [0.2, 0.25) is 0 Å². The molecular formula is C16H22N4O4S. The van der Waals surface area contributed by atoms with Gasteiger partial charge in [0.2, 0.25) is 5.91 Å². The fraction of sp³-hybridized carbons (Fsp3) is 0.438. The first-order chi connectivity index (χ1) is 12.1. The monoisotopic (exact) mass is 366 g/mol. The predicted octanol–water partition coefficient (Wildman–Crippen LogP) is 1.74. The summed E-state index contributed by atoms with van der Waals surface area (Å²) in [5.41, 5.74) is 0.402. The van der Waals surface area contributed by atoms with Gasteiger partial charge in [0.05, 0.1) is 12.4 Å². The Bertz CT molecular complexity index is 726. The quantitative estimate of drug-likeness (QED) is 0.491. The molecular weight excluding hydrogens is 344 g/mol. The van der Waals surface area contributed by atoms with Gasteiger partial charge in [-0.1, -0.05) is 11.8 Å². The zero-order valence-corrected chi connectivity index (χ0v) is 15.1. The molecule has 2 rings (SSSR count). The van der Waals surface area contributed by atoms with E-state index in [1.54, 1.807) is 31.4 Å². The van der Waals surface area contributed by atoms with Gasteiger partial charge < -0.3 is 14.8 Å². The molecule has 0 saturated carbocycles. The Balaban J connectivity index is 1.86. The Labute approximate surface area is 149 Å². The summed E-state index contributed by atoms with van der Waals surface area (Å²) in [7, 11) is 1.61. The van der Waals surface area contributed by atoms with Crippen LogP contribution in [0, 0.1) is 0 Å². The van der Waals surface area contributed by atoms with Crippen LogP contribution in [0.15, 0.2) is 34.2 Å². The van der Waals surface area contributed by atoms with Crippen LogP contribution in [-0.4, -0.2) is 46.7 Å². The Morgan fingerprint density at radius 2 is 2.12 bits per heavy atom. The van der Waals surface area contributed by atoms with Crippen LogP contribution in [0.4, 0.5) is 5.69 Å². The summed E-state index contributed by atoms with van der Waals surface area (Å²) in [6.07, 6.45) is 0.696. The van der Waals surface area contributed by atoms with Gasteiger partial charge in [0.15, 0.2) is 5.16 Å². The molecule has 136 valence electrons. The van der Waals surface area contributed by atoms with Crippen molar-refractivity contribution in [2.45, 2.75) is 25.0 Å². The SMILES string of the molecule is CCOc1ccc(NC(=O)CSc2n[nH]c(=O)n2CCCOC)cc1. The lowest BCUT2D eigenvalue weighted by Crippen LogP contribution is -2.19. The number of methoxy groups -OCH3 is 1. The number of nitrogens with one attached hydrogen (secondary N) is 2. The van der Waals surface area contributed by atoms with Crippen LogP contribution in [0.25, 0.3) is 0 Å². The largest absolute Gasteiger partial charge is 0.494 e. The van der Waals surface area contributed by atoms with E-state index in [1.807, 2.05) is 6.92 Å². The number of hydrogen-bond donors (Lipinski definition) is 2. The average Bonchev–Trinajstić information content (AvgIpc) is 2.95. The maximum absolute atomic E-state index is 12.1. The van der Waals surface area contributed by atoms with E-state index < -0.39 is 0 Å². The molecule has 0 unspecified atom stereocenters. The summed E-state index contributed by atoms with van der Waals surface area (Å²) >= 11 is 1.21. The van der Waals surface area contributed by atoms with Crippen LogP contribution >= 0.6 is 11.8 Å². The van der Waals surface area contributed by atoms with E-state index in [0.29, 0.717) is 37.0 Å². The van der Waals surface area contributed by atoms with Crippen molar-refractivity contribution >= 4 is 23.4 Å². The molecule has 1 aromatic carbocycles. The summed E-state index contributed by atoms with van der Waals surface area (Å²) in [5.74, 6) is 0.737. The number of ether oxygens (including phenoxy) is 2. The fourth-order valence-corrected chi connectivity index (χ4v) is 2.88. The number of anilines is 1. The van der Waals surface area contributed by atoms with Crippen LogP contribution in [-0.2, 0) is 16.1 Å². The van der Waals surface area contributed by atoms with Crippen LogP contribution in [0.3, 0.4) is 0 Å². The highest BCUT2D eigenvalue weighted by Crippen LogP contribution is 2.17. The van der Waals surface area contributed by atoms with Crippen LogP contribution < -0.4 is 15.7 Å². The molecule has 0 fully saturated rings. The average molecular weight is 366 g/mol. The molecule has 0 bridgehead atoms. The summed E-state index contributed by atoms with van der Waals surface area (Å²) in [6, 6.07) is 7.16. The van der Waals surface area contributed by atoms with Crippen molar-refractivity contribution in [3.05, 3.63) is 34.7 Å². The molecule has 0 radical (unpaired) electrons. The molecule has 25 heavy (non-hydrogen) atoms. The molecule has 8 nitrogen and oxygen atoms in total. The number of H-pyrrole nitrogens is 1. The van der Waals surface area contributed by atoms with Crippen molar-refractivity contribution in [2.24, 2.45) is 0 Å². The Morgan fingerprint density at radius 1 is 1.36 bits per heavy atom. The van der Waals surface area contributed by atoms with Gasteiger partial charge in [0, 0.05) is 25.9 Å². The molecule has 1 aromatic heterocycles. The highest BCUT2D eigenvalue weighted by molar-refractivity contribution is 7.99. The van der Waals surface area contributed by atoms with Gasteiger partial charge in [-0.3, -0.25) is 9.36 Å². The first-order valence-electron chi connectivity index (χ1n) is 7.93. The maximum Gasteiger partial charge on any atom is 0.343 e. The second-order valence-corrected chi connectivity index (χ2v) is 6.05. The third-order valence-corrected chi connectivity index (χ3v) is 4.21. The van der Waals surface area contributed by atoms with Crippen molar-refractivity contribution in [1.29, 1.82) is 0 Å². The molecule has 0 saturated heterocycles. The lowest BCUT2D eigenvalue weighted by molar-refractivity contribution is -0.113. The molecule has 1 amide bonds. The van der Waals surface area contributed by atoms with E-state index >= 15 is 0 Å². The smallest absolute Gasteiger partial charge is 0.343 e. The minimum absolute atomic E-state index is 0.155. The van der Waals surface area contributed by atoms with Gasteiger partial charge in [-0.15, -0.1) is 5.10 Å². The molecule has 0 spiro atoms. The van der Waals surface area contributed by atoms with Crippen LogP contribution in [0.5, 0.6) is 5.75 Å². The number of nitrogens with zero attached hydrogens (tertiary/aromatic N) is 2. The standard InChI is InChI=1S/C16H22N4O4S/c1-3-24-13-7-5-12(6-8-13)17-14(21)11-25-16-19-18-15(22)20(16)9-4-10-23-2/h5-8H,3-4,9-11H2,1-2H3,(H,17,21)(H,18,22). The number of benzene rings is 1. The Kier molecular flexibility index (Phi) is 7.55. The van der Waals surface area contributed by atoms with E-state index in [0.717, 1.165) is 5.75 Å². The lowest BCUT2D eigenvalue weighted by Gasteiger charge is -2.07. The van der Waals surface area contributed by atoms with Gasteiger partial charge in [-0.2, -0.15) is 0 Å². The van der Waals surface area contributed by atoms with Gasteiger partial charge in [0.1, 0.15) is 5.75 Å². The van der Waals surface area contributed by atoms with E-state index in [9.17, 15) is 9.59 Å². The minimum Gasteiger partial charge on any atom is -0.494 e. The minimum atomic E-state index is -0.287. The first kappa shape index (κ1) is 19.1. The van der Waals surface area contributed by atoms with Gasteiger partial charge >= 0.3 is 5.69 Å². The number of carbonyl (C=O) groups excluding carboxylic acids is 1. The Hall–Kier alpha value is -2.26. The zero-order chi connectivity index (χ0) is 18.1. The highest BCUT2D eigenvalue weighted by Gasteiger charge is 2.11. The topological polar surface area (TPSA) is 98.2 Å². The predicted molar refractivity (Wildman–Crippen MR) is 96.3 cm³/mol. The van der Waals surface area contributed by atoms with Crippen LogP contribution in [0.1, 0.15) is 13.3 Å². The van der Waals surface area contributed by atoms with E-state index in [2.05, 4.69) is 15.5 Å². The second-order valence-electron chi connectivity index (χ2n) is 5.10. The zero-order valence-electron chi connectivity index (χ0n) is 14.3. The van der Waals surface area contributed by atoms with Gasteiger partial charge in [-0.25, -0.2) is 9.89 Å². The number of hydrogen-bond acceptors (Lipinski definition) is 6. The number of aromatic nitrogens is 3. The molecule has 9 heteroatoms. The number of aromatic amines is 1. The van der Waals surface area contributed by atoms with Gasteiger partial charge in [-0.05, 0) is 37.6 Å². The third-order valence-electron chi connectivity index (χ3n) is 3.23. The van der Waals surface area contributed by atoms with Crippen molar-refractivity contribution < 1.29 is 14.3 Å². The van der Waals surface area contributed by atoms with Crippen molar-refractivity contribution in [1.82, 2.24) is 14.8 Å². The number of carbonyl (C=O) groups is 1. The van der Waals surface area contributed by atoms with Crippen molar-refractivity contribution in [3.63, 3.8) is 0 Å². The molecule has 0 aliphatic heterocycles. The second kappa shape index (κ2) is 9.90. The summed E-state index contributed by atoms with van der Waals surface area (Å²) in [6.45, 7) is 3.56. The van der Waals surface area contributed by atoms with Crippen molar-refractivity contribution in [2.75, 3.05) is 31.4 Å². The molecule has 0 aliphatic carbocycles. The highest BCUT2D eigenvalue weighted by atomic mass is 32.2. The summed E-state index contributed by atoms with van der Waals surface area (Å²) < 4.78 is 11.8. The Morgan fingerprint density at radius 3 is 2.80 bits per heavy atom. The fourth-order valence-electron chi connectivity index (χ4n) is 2.11. The van der Waals surface area contributed by atoms with Gasteiger partial charge in [0.25, 0.3) is 0 Å². The van der Waals surface area contributed by atoms with Crippen molar-refractivity contribution in [3.8, 4) is 5.75 Å². The normalized spacial score (nSPS) is 10.6. The van der Waals surface area contributed by atoms with E-state index in [4.69, 9.17) is 9.47 Å². The summed E-state index contributed by atoms with van der Waals surface area (Å²) in [5, 5.41) is 9.65. The number of amides is 1. The molecule has 0 atom stereocenters. The summed E-state index contributed by atoms with van der Waals surface area (Å²) in [4.78, 5) is 23.8. The lowest BCUT2D eigenvalue weighted by atomic mass is 10.3.